The first kappa shape index (κ1) is 21.4. The van der Waals surface area contributed by atoms with E-state index in [4.69, 9.17) is 0 Å². The van der Waals surface area contributed by atoms with Crippen molar-refractivity contribution in [3.63, 3.8) is 0 Å². The fraction of sp³-hybridized carbons (Fsp3) is 0.500. The van der Waals surface area contributed by atoms with E-state index in [9.17, 15) is 9.90 Å². The van der Waals surface area contributed by atoms with E-state index in [2.05, 4.69) is 46.4 Å². The second-order valence-corrected chi connectivity index (χ2v) is 9.55. The summed E-state index contributed by atoms with van der Waals surface area (Å²) < 4.78 is 0. The highest BCUT2D eigenvalue weighted by Crippen LogP contribution is 2.41. The molecule has 2 N–H and O–H groups in total. The van der Waals surface area contributed by atoms with Gasteiger partial charge in [-0.15, -0.1) is 0 Å². The van der Waals surface area contributed by atoms with Crippen molar-refractivity contribution in [2.45, 2.75) is 37.3 Å². The Kier molecular flexibility index (Phi) is 5.93. The van der Waals surface area contributed by atoms with Crippen LogP contribution in [0.4, 0.5) is 11.4 Å². The van der Waals surface area contributed by atoms with E-state index >= 15 is 0 Å². The average Bonchev–Trinajstić information content (AvgIpc) is 2.80. The van der Waals surface area contributed by atoms with E-state index < -0.39 is 5.60 Å². The number of carbonyl (C=O) groups is 1. The molecule has 6 nitrogen and oxygen atoms in total. The van der Waals surface area contributed by atoms with Crippen LogP contribution in [0.15, 0.2) is 48.5 Å². The standard InChI is InChI=1S/C26H34N4O2/c1-28-15-17-29(18-16-28)24-6-3-2-5-20(24)19-23-25(31)30(14-13-27-23)22-9-7-21(8-10-22)26(32)11-4-12-26/h2-3,5-10,23,27,32H,4,11-19H2,1H3. The van der Waals surface area contributed by atoms with Crippen LogP contribution in [0.2, 0.25) is 0 Å². The fourth-order valence-electron chi connectivity index (χ4n) is 5.16. The van der Waals surface area contributed by atoms with Crippen LogP contribution in [0.25, 0.3) is 0 Å². The van der Waals surface area contributed by atoms with Gasteiger partial charge in [0.2, 0.25) is 5.91 Å². The summed E-state index contributed by atoms with van der Waals surface area (Å²) in [6.07, 6.45) is 3.42. The Bertz CT molecular complexity index is 949. The Morgan fingerprint density at radius 1 is 1.00 bits per heavy atom. The molecule has 1 aliphatic carbocycles. The molecule has 6 heteroatoms. The zero-order valence-corrected chi connectivity index (χ0v) is 19.0. The molecule has 0 bridgehead atoms. The first-order valence-electron chi connectivity index (χ1n) is 11.9. The maximum atomic E-state index is 13.4. The van der Waals surface area contributed by atoms with Gasteiger partial charge in [-0.05, 0) is 62.1 Å². The van der Waals surface area contributed by atoms with E-state index in [0.29, 0.717) is 13.0 Å². The molecule has 1 unspecified atom stereocenters. The van der Waals surface area contributed by atoms with Crippen LogP contribution in [0, 0.1) is 0 Å². The molecule has 3 aliphatic rings. The van der Waals surface area contributed by atoms with Gasteiger partial charge in [0, 0.05) is 50.6 Å². The van der Waals surface area contributed by atoms with E-state index in [0.717, 1.165) is 63.2 Å². The van der Waals surface area contributed by atoms with Crippen molar-refractivity contribution >= 4 is 17.3 Å². The van der Waals surface area contributed by atoms with Crippen LogP contribution in [-0.4, -0.2) is 68.3 Å². The molecular weight excluding hydrogens is 400 g/mol. The van der Waals surface area contributed by atoms with Crippen molar-refractivity contribution in [1.82, 2.24) is 10.2 Å². The quantitative estimate of drug-likeness (QED) is 0.757. The van der Waals surface area contributed by atoms with E-state index in [-0.39, 0.29) is 11.9 Å². The first-order chi connectivity index (χ1) is 15.5. The zero-order valence-electron chi connectivity index (χ0n) is 19.0. The fourth-order valence-corrected chi connectivity index (χ4v) is 5.16. The summed E-state index contributed by atoms with van der Waals surface area (Å²) in [5.41, 5.74) is 3.70. The first-order valence-corrected chi connectivity index (χ1v) is 11.9. The molecule has 2 heterocycles. The highest BCUT2D eigenvalue weighted by molar-refractivity contribution is 5.98. The number of hydrogen-bond donors (Lipinski definition) is 2. The van der Waals surface area contributed by atoms with Crippen molar-refractivity contribution in [3.8, 4) is 0 Å². The third kappa shape index (κ3) is 4.15. The monoisotopic (exact) mass is 434 g/mol. The van der Waals surface area contributed by atoms with Crippen LogP contribution in [-0.2, 0) is 16.8 Å². The maximum absolute atomic E-state index is 13.4. The highest BCUT2D eigenvalue weighted by Gasteiger charge is 2.36. The van der Waals surface area contributed by atoms with Gasteiger partial charge in [0.25, 0.3) is 0 Å². The van der Waals surface area contributed by atoms with Gasteiger partial charge < -0.3 is 25.1 Å². The molecule has 2 aromatic carbocycles. The molecule has 2 saturated heterocycles. The normalized spacial score (nSPS) is 23.8. The summed E-state index contributed by atoms with van der Waals surface area (Å²) in [6.45, 7) is 5.61. The largest absolute Gasteiger partial charge is 0.385 e. The van der Waals surface area contributed by atoms with Gasteiger partial charge in [-0.25, -0.2) is 0 Å². The lowest BCUT2D eigenvalue weighted by molar-refractivity contribution is -0.121. The number of likely N-dealkylation sites (N-methyl/N-ethyl adjacent to an activating group) is 1. The highest BCUT2D eigenvalue weighted by atomic mass is 16.3. The van der Waals surface area contributed by atoms with Crippen LogP contribution >= 0.6 is 0 Å². The number of anilines is 2. The van der Waals surface area contributed by atoms with E-state index in [1.807, 2.05) is 29.2 Å². The minimum Gasteiger partial charge on any atom is -0.385 e. The number of amides is 1. The average molecular weight is 435 g/mol. The number of rotatable bonds is 5. The Morgan fingerprint density at radius 2 is 1.72 bits per heavy atom. The van der Waals surface area contributed by atoms with Crippen molar-refractivity contribution in [1.29, 1.82) is 0 Å². The van der Waals surface area contributed by atoms with Gasteiger partial charge in [0.1, 0.15) is 0 Å². The van der Waals surface area contributed by atoms with Crippen molar-refractivity contribution < 1.29 is 9.90 Å². The Labute approximate surface area is 190 Å². The molecule has 1 atom stereocenters. The molecule has 2 aromatic rings. The maximum Gasteiger partial charge on any atom is 0.244 e. The second-order valence-electron chi connectivity index (χ2n) is 9.55. The predicted molar refractivity (Wildman–Crippen MR) is 128 cm³/mol. The number of hydrogen-bond acceptors (Lipinski definition) is 5. The second kappa shape index (κ2) is 8.85. The van der Waals surface area contributed by atoms with Crippen LogP contribution < -0.4 is 15.1 Å². The molecule has 2 aliphatic heterocycles. The molecule has 170 valence electrons. The minimum atomic E-state index is -0.665. The lowest BCUT2D eigenvalue weighted by atomic mass is 9.75. The van der Waals surface area contributed by atoms with Crippen molar-refractivity contribution in [2.75, 3.05) is 56.1 Å². The summed E-state index contributed by atoms with van der Waals surface area (Å²) in [5, 5.41) is 14.0. The van der Waals surface area contributed by atoms with E-state index in [1.165, 1.54) is 11.3 Å². The van der Waals surface area contributed by atoms with Gasteiger partial charge in [-0.3, -0.25) is 4.79 Å². The molecule has 0 aromatic heterocycles. The van der Waals surface area contributed by atoms with E-state index in [1.54, 1.807) is 0 Å². The summed E-state index contributed by atoms with van der Waals surface area (Å²) in [6, 6.07) is 16.2. The molecule has 1 saturated carbocycles. The van der Waals surface area contributed by atoms with Gasteiger partial charge in [-0.2, -0.15) is 0 Å². The number of aliphatic hydroxyl groups is 1. The molecule has 3 fully saturated rings. The number of piperazine rings is 2. The molecule has 5 rings (SSSR count). The zero-order chi connectivity index (χ0) is 22.1. The number of nitrogens with one attached hydrogen (secondary N) is 1. The minimum absolute atomic E-state index is 0.125. The predicted octanol–water partition coefficient (Wildman–Crippen LogP) is 2.36. The number of benzene rings is 2. The van der Waals surface area contributed by atoms with Gasteiger partial charge >= 0.3 is 0 Å². The molecule has 0 spiro atoms. The van der Waals surface area contributed by atoms with Crippen LogP contribution in [0.3, 0.4) is 0 Å². The summed E-state index contributed by atoms with van der Waals surface area (Å²) >= 11 is 0. The number of para-hydroxylation sites is 1. The summed E-state index contributed by atoms with van der Waals surface area (Å²) in [4.78, 5) is 20.1. The molecular formula is C26H34N4O2. The topological polar surface area (TPSA) is 59.1 Å². The summed E-state index contributed by atoms with van der Waals surface area (Å²) in [7, 11) is 2.17. The van der Waals surface area contributed by atoms with Crippen LogP contribution in [0.1, 0.15) is 30.4 Å². The molecule has 1 amide bonds. The summed E-state index contributed by atoms with van der Waals surface area (Å²) in [5.74, 6) is 0.125. The number of carbonyl (C=O) groups excluding carboxylic acids is 1. The Hall–Kier alpha value is -2.41. The van der Waals surface area contributed by atoms with Gasteiger partial charge in [0.15, 0.2) is 0 Å². The van der Waals surface area contributed by atoms with Crippen molar-refractivity contribution in [3.05, 3.63) is 59.7 Å². The third-order valence-electron chi connectivity index (χ3n) is 7.45. The van der Waals surface area contributed by atoms with Crippen LogP contribution in [0.5, 0.6) is 0 Å². The van der Waals surface area contributed by atoms with Gasteiger partial charge in [-0.1, -0.05) is 30.3 Å². The number of nitrogens with zero attached hydrogens (tertiary/aromatic N) is 3. The Balaban J connectivity index is 1.30. The smallest absolute Gasteiger partial charge is 0.244 e. The molecule has 0 radical (unpaired) electrons. The third-order valence-corrected chi connectivity index (χ3v) is 7.45. The van der Waals surface area contributed by atoms with Crippen molar-refractivity contribution in [2.24, 2.45) is 0 Å². The lowest BCUT2D eigenvalue weighted by Crippen LogP contribution is -2.56. The lowest BCUT2D eigenvalue weighted by Gasteiger charge is -2.38. The molecule has 32 heavy (non-hydrogen) atoms. The Morgan fingerprint density at radius 3 is 2.41 bits per heavy atom. The van der Waals surface area contributed by atoms with Gasteiger partial charge in [0.05, 0.1) is 11.6 Å². The SMILES string of the molecule is CN1CCN(c2ccccc2CC2NCCN(c3ccc(C4(O)CCC4)cc3)C2=O)CC1.